The highest BCUT2D eigenvalue weighted by molar-refractivity contribution is 5.77. The summed E-state index contributed by atoms with van der Waals surface area (Å²) < 4.78 is 4.71. The minimum atomic E-state index is -0.306. The van der Waals surface area contributed by atoms with E-state index in [0.717, 1.165) is 0 Å². The van der Waals surface area contributed by atoms with Gasteiger partial charge in [-0.25, -0.2) is 0 Å². The Balaban J connectivity index is 2.15. The molecule has 0 aromatic carbocycles. The number of hydroxylamine groups is 3. The standard InChI is InChI=1S/C9H15NO3/c1-13-8(11)9-2-5-10(12,6-3-9)7-4-9/h2-7H2,1H3. The SMILES string of the molecule is COC(=O)C12CC[N+]([O-])(CC1)CC2. The second-order valence-corrected chi connectivity index (χ2v) is 4.25. The van der Waals surface area contributed by atoms with Crippen molar-refractivity contribution in [2.24, 2.45) is 5.41 Å². The predicted molar refractivity (Wildman–Crippen MR) is 46.5 cm³/mol. The lowest BCUT2D eigenvalue weighted by molar-refractivity contribution is -0.898. The van der Waals surface area contributed by atoms with E-state index in [1.807, 2.05) is 0 Å². The Labute approximate surface area is 77.6 Å². The summed E-state index contributed by atoms with van der Waals surface area (Å²) in [7, 11) is 1.43. The summed E-state index contributed by atoms with van der Waals surface area (Å²) in [6.45, 7) is 1.78. The Bertz CT molecular complexity index is 214. The van der Waals surface area contributed by atoms with Crippen LogP contribution in [0.25, 0.3) is 0 Å². The van der Waals surface area contributed by atoms with Crippen molar-refractivity contribution in [2.45, 2.75) is 19.3 Å². The van der Waals surface area contributed by atoms with Gasteiger partial charge >= 0.3 is 5.97 Å². The Kier molecular flexibility index (Phi) is 1.85. The van der Waals surface area contributed by atoms with Gasteiger partial charge in [0.25, 0.3) is 0 Å². The summed E-state index contributed by atoms with van der Waals surface area (Å²) in [5, 5.41) is 11.8. The van der Waals surface area contributed by atoms with Gasteiger partial charge < -0.3 is 14.6 Å². The maximum atomic E-state index is 11.8. The molecule has 3 fully saturated rings. The van der Waals surface area contributed by atoms with Crippen LogP contribution in [-0.2, 0) is 9.53 Å². The smallest absolute Gasteiger partial charge is 0.312 e. The number of esters is 1. The minimum Gasteiger partial charge on any atom is -0.633 e. The van der Waals surface area contributed by atoms with E-state index in [-0.39, 0.29) is 16.0 Å². The van der Waals surface area contributed by atoms with E-state index in [4.69, 9.17) is 4.74 Å². The molecule has 0 unspecified atom stereocenters. The zero-order valence-electron chi connectivity index (χ0n) is 7.91. The number of fused-ring (bicyclic) bond motifs is 3. The molecule has 3 heterocycles. The molecule has 0 N–H and O–H groups in total. The lowest BCUT2D eigenvalue weighted by Gasteiger charge is -2.56. The first-order chi connectivity index (χ1) is 6.10. The second-order valence-electron chi connectivity index (χ2n) is 4.25. The average Bonchev–Trinajstić information content (AvgIpc) is 2.18. The van der Waals surface area contributed by atoms with Gasteiger partial charge in [0, 0.05) is 19.3 Å². The number of carbonyl (C=O) groups excluding carboxylic acids is 1. The molecule has 0 amide bonds. The fourth-order valence-corrected chi connectivity index (χ4v) is 2.49. The summed E-state index contributed by atoms with van der Waals surface area (Å²) in [6, 6.07) is 0. The molecule has 13 heavy (non-hydrogen) atoms. The molecular weight excluding hydrogens is 170 g/mol. The molecule has 74 valence electrons. The fourth-order valence-electron chi connectivity index (χ4n) is 2.49. The Morgan fingerprint density at radius 1 is 1.31 bits per heavy atom. The van der Waals surface area contributed by atoms with Crippen molar-refractivity contribution in [2.75, 3.05) is 26.7 Å². The molecular formula is C9H15NO3. The molecule has 0 saturated carbocycles. The molecule has 4 heteroatoms. The highest BCUT2D eigenvalue weighted by Gasteiger charge is 2.50. The number of nitrogens with zero attached hydrogens (tertiary/aromatic N) is 1. The van der Waals surface area contributed by atoms with E-state index in [0.29, 0.717) is 38.9 Å². The largest absolute Gasteiger partial charge is 0.633 e. The third-order valence-electron chi connectivity index (χ3n) is 3.61. The quantitative estimate of drug-likeness (QED) is 0.342. The molecule has 0 spiro atoms. The van der Waals surface area contributed by atoms with Crippen molar-refractivity contribution in [1.82, 2.24) is 0 Å². The van der Waals surface area contributed by atoms with Crippen LogP contribution >= 0.6 is 0 Å². The van der Waals surface area contributed by atoms with Gasteiger partial charge in [0.05, 0.1) is 32.2 Å². The first kappa shape index (κ1) is 8.97. The van der Waals surface area contributed by atoms with Gasteiger partial charge in [-0.1, -0.05) is 0 Å². The molecule has 0 radical (unpaired) electrons. The molecule has 3 aliphatic heterocycles. The lowest BCUT2D eigenvalue weighted by atomic mass is 9.72. The van der Waals surface area contributed by atoms with Gasteiger partial charge in [-0.15, -0.1) is 0 Å². The number of carbonyl (C=O) groups is 1. The monoisotopic (exact) mass is 185 g/mol. The fraction of sp³-hybridized carbons (Fsp3) is 0.889. The molecule has 4 nitrogen and oxygen atoms in total. The number of hydrogen-bond donors (Lipinski definition) is 0. The van der Waals surface area contributed by atoms with Crippen molar-refractivity contribution < 1.29 is 14.2 Å². The van der Waals surface area contributed by atoms with Crippen molar-refractivity contribution in [3.8, 4) is 0 Å². The maximum Gasteiger partial charge on any atom is 0.312 e. The summed E-state index contributed by atoms with van der Waals surface area (Å²) in [5.41, 5.74) is -0.306. The van der Waals surface area contributed by atoms with Gasteiger partial charge in [0.1, 0.15) is 0 Å². The van der Waals surface area contributed by atoms with Gasteiger partial charge in [0.15, 0.2) is 0 Å². The third kappa shape index (κ3) is 1.25. The van der Waals surface area contributed by atoms with E-state index in [1.165, 1.54) is 7.11 Å². The van der Waals surface area contributed by atoms with Crippen LogP contribution in [0.15, 0.2) is 0 Å². The molecule has 0 aromatic heterocycles. The van der Waals surface area contributed by atoms with Gasteiger partial charge in [0.2, 0.25) is 0 Å². The van der Waals surface area contributed by atoms with Crippen molar-refractivity contribution in [3.05, 3.63) is 5.21 Å². The van der Waals surface area contributed by atoms with Crippen LogP contribution < -0.4 is 0 Å². The summed E-state index contributed by atoms with van der Waals surface area (Å²) in [6.07, 6.45) is 2.13. The maximum absolute atomic E-state index is 11.8. The van der Waals surface area contributed by atoms with Gasteiger partial charge in [-0.2, -0.15) is 0 Å². The minimum absolute atomic E-state index is 0.0846. The van der Waals surface area contributed by atoms with Gasteiger partial charge in [-0.3, -0.25) is 4.79 Å². The lowest BCUT2D eigenvalue weighted by Crippen LogP contribution is -2.60. The molecule has 2 bridgehead atoms. The van der Waals surface area contributed by atoms with Crippen LogP contribution in [0.2, 0.25) is 0 Å². The van der Waals surface area contributed by atoms with Crippen molar-refractivity contribution >= 4 is 5.97 Å². The van der Waals surface area contributed by atoms with E-state index in [9.17, 15) is 10.0 Å². The summed E-state index contributed by atoms with van der Waals surface area (Å²) in [5.74, 6) is -0.113. The Morgan fingerprint density at radius 3 is 2.15 bits per heavy atom. The number of piperidine rings is 3. The summed E-state index contributed by atoms with van der Waals surface area (Å²) >= 11 is 0. The number of ether oxygens (including phenoxy) is 1. The number of hydrogen-bond acceptors (Lipinski definition) is 3. The molecule has 0 aromatic rings. The highest BCUT2D eigenvalue weighted by Crippen LogP contribution is 2.44. The normalized spacial score (nSPS) is 43.2. The molecule has 0 aliphatic carbocycles. The number of methoxy groups -OCH3 is 1. The van der Waals surface area contributed by atoms with Crippen LogP contribution in [0, 0.1) is 10.6 Å². The van der Waals surface area contributed by atoms with E-state index >= 15 is 0 Å². The second kappa shape index (κ2) is 2.69. The Morgan fingerprint density at radius 2 is 1.77 bits per heavy atom. The van der Waals surface area contributed by atoms with Crippen LogP contribution in [-0.4, -0.2) is 37.4 Å². The number of quaternary nitrogens is 1. The molecule has 0 atom stereocenters. The molecule has 3 saturated heterocycles. The third-order valence-corrected chi connectivity index (χ3v) is 3.61. The predicted octanol–water partition coefficient (Wildman–Crippen LogP) is 0.658. The summed E-state index contributed by atoms with van der Waals surface area (Å²) in [4.78, 5) is 11.5. The first-order valence-electron chi connectivity index (χ1n) is 4.76. The van der Waals surface area contributed by atoms with Crippen LogP contribution in [0.5, 0.6) is 0 Å². The van der Waals surface area contributed by atoms with Crippen LogP contribution in [0.3, 0.4) is 0 Å². The van der Waals surface area contributed by atoms with Crippen LogP contribution in [0.1, 0.15) is 19.3 Å². The molecule has 3 rings (SSSR count). The molecule has 3 aliphatic rings. The van der Waals surface area contributed by atoms with E-state index < -0.39 is 0 Å². The first-order valence-corrected chi connectivity index (χ1v) is 4.76. The number of rotatable bonds is 1. The van der Waals surface area contributed by atoms with Gasteiger partial charge in [-0.05, 0) is 0 Å². The van der Waals surface area contributed by atoms with Crippen molar-refractivity contribution in [3.63, 3.8) is 0 Å². The zero-order valence-corrected chi connectivity index (χ0v) is 7.91. The average molecular weight is 185 g/mol. The van der Waals surface area contributed by atoms with E-state index in [2.05, 4.69) is 0 Å². The highest BCUT2D eigenvalue weighted by atomic mass is 16.5. The van der Waals surface area contributed by atoms with Crippen LogP contribution in [0.4, 0.5) is 0 Å². The topological polar surface area (TPSA) is 49.4 Å². The zero-order chi connectivity index (χ0) is 9.53. The Hall–Kier alpha value is -0.610. The van der Waals surface area contributed by atoms with E-state index in [1.54, 1.807) is 0 Å². The van der Waals surface area contributed by atoms with Crippen molar-refractivity contribution in [1.29, 1.82) is 0 Å².